The number of nitrogens with two attached hydrogens (primary N) is 1. The lowest BCUT2D eigenvalue weighted by atomic mass is 9.93. The van der Waals surface area contributed by atoms with Crippen LogP contribution in [-0.4, -0.2) is 32.1 Å². The Morgan fingerprint density at radius 2 is 2.06 bits per heavy atom. The summed E-state index contributed by atoms with van der Waals surface area (Å²) in [5.41, 5.74) is 5.38. The second kappa shape index (κ2) is 8.53. The van der Waals surface area contributed by atoms with Gasteiger partial charge in [0.2, 0.25) is 5.91 Å². The molecule has 0 aromatic heterocycles. The van der Waals surface area contributed by atoms with Crippen LogP contribution in [-0.2, 0) is 4.79 Å². The molecule has 0 bridgehead atoms. The third kappa shape index (κ3) is 6.08. The Bertz CT molecular complexity index is 191. The molecular weight excluding hydrogens is 202 g/mol. The second-order valence-corrected chi connectivity index (χ2v) is 4.58. The summed E-state index contributed by atoms with van der Waals surface area (Å²) < 4.78 is 0. The van der Waals surface area contributed by atoms with E-state index in [0.29, 0.717) is 13.0 Å². The Morgan fingerprint density at radius 1 is 1.31 bits per heavy atom. The van der Waals surface area contributed by atoms with Crippen molar-refractivity contribution in [3.05, 3.63) is 0 Å². The van der Waals surface area contributed by atoms with E-state index >= 15 is 0 Å². The zero-order valence-corrected chi connectivity index (χ0v) is 10.1. The van der Waals surface area contributed by atoms with Gasteiger partial charge in [-0.05, 0) is 57.7 Å². The molecule has 1 rings (SSSR count). The Morgan fingerprint density at radius 3 is 2.75 bits per heavy atom. The molecule has 1 saturated heterocycles. The number of hydrogen-bond donors (Lipinski definition) is 3. The molecule has 0 aromatic carbocycles. The molecule has 4 nitrogen and oxygen atoms in total. The van der Waals surface area contributed by atoms with Gasteiger partial charge in [-0.2, -0.15) is 0 Å². The largest absolute Gasteiger partial charge is 0.356 e. The monoisotopic (exact) mass is 227 g/mol. The molecule has 1 amide bonds. The lowest BCUT2D eigenvalue weighted by molar-refractivity contribution is -0.121. The zero-order valence-electron chi connectivity index (χ0n) is 10.1. The van der Waals surface area contributed by atoms with Gasteiger partial charge in [0, 0.05) is 13.0 Å². The molecule has 1 heterocycles. The summed E-state index contributed by atoms with van der Waals surface area (Å²) in [5, 5.41) is 6.29. The summed E-state index contributed by atoms with van der Waals surface area (Å²) in [6.45, 7) is 3.72. The molecule has 0 radical (unpaired) electrons. The summed E-state index contributed by atoms with van der Waals surface area (Å²) >= 11 is 0. The third-order valence-electron chi connectivity index (χ3n) is 3.19. The van der Waals surface area contributed by atoms with Crippen LogP contribution in [0.2, 0.25) is 0 Å². The van der Waals surface area contributed by atoms with Gasteiger partial charge in [-0.15, -0.1) is 0 Å². The smallest absolute Gasteiger partial charge is 0.220 e. The van der Waals surface area contributed by atoms with Crippen LogP contribution in [0.15, 0.2) is 0 Å². The molecule has 0 unspecified atom stereocenters. The Kier molecular flexibility index (Phi) is 7.17. The molecule has 0 spiro atoms. The highest BCUT2D eigenvalue weighted by Crippen LogP contribution is 2.17. The molecule has 0 atom stereocenters. The molecule has 0 saturated carbocycles. The molecule has 4 N–H and O–H groups in total. The van der Waals surface area contributed by atoms with Crippen LogP contribution >= 0.6 is 0 Å². The summed E-state index contributed by atoms with van der Waals surface area (Å²) in [7, 11) is 0. The van der Waals surface area contributed by atoms with E-state index in [9.17, 15) is 4.79 Å². The van der Waals surface area contributed by atoms with Crippen LogP contribution < -0.4 is 16.4 Å². The maximum absolute atomic E-state index is 11.5. The fourth-order valence-corrected chi connectivity index (χ4v) is 2.09. The number of rotatable bonds is 7. The van der Waals surface area contributed by atoms with Crippen molar-refractivity contribution in [2.75, 3.05) is 26.2 Å². The first-order valence-corrected chi connectivity index (χ1v) is 6.50. The van der Waals surface area contributed by atoms with E-state index in [1.54, 1.807) is 0 Å². The van der Waals surface area contributed by atoms with Gasteiger partial charge < -0.3 is 16.4 Å². The van der Waals surface area contributed by atoms with E-state index in [1.807, 2.05) is 0 Å². The van der Waals surface area contributed by atoms with Gasteiger partial charge in [-0.3, -0.25) is 4.79 Å². The minimum absolute atomic E-state index is 0.204. The fourth-order valence-electron chi connectivity index (χ4n) is 2.09. The molecule has 0 aliphatic carbocycles. The van der Waals surface area contributed by atoms with Gasteiger partial charge in [-0.1, -0.05) is 0 Å². The van der Waals surface area contributed by atoms with E-state index in [0.717, 1.165) is 44.8 Å². The van der Waals surface area contributed by atoms with Crippen molar-refractivity contribution in [2.45, 2.75) is 38.5 Å². The van der Waals surface area contributed by atoms with Gasteiger partial charge in [0.1, 0.15) is 0 Å². The number of amides is 1. The van der Waals surface area contributed by atoms with Crippen LogP contribution in [0.1, 0.15) is 38.5 Å². The van der Waals surface area contributed by atoms with Crippen molar-refractivity contribution in [2.24, 2.45) is 11.7 Å². The van der Waals surface area contributed by atoms with Crippen LogP contribution in [0.4, 0.5) is 0 Å². The van der Waals surface area contributed by atoms with Gasteiger partial charge in [0.25, 0.3) is 0 Å². The number of hydrogen-bond acceptors (Lipinski definition) is 3. The van der Waals surface area contributed by atoms with Gasteiger partial charge in [-0.25, -0.2) is 0 Å². The van der Waals surface area contributed by atoms with Crippen molar-refractivity contribution in [1.82, 2.24) is 10.6 Å². The second-order valence-electron chi connectivity index (χ2n) is 4.58. The minimum atomic E-state index is 0.204. The Hall–Kier alpha value is -0.610. The summed E-state index contributed by atoms with van der Waals surface area (Å²) in [4.78, 5) is 11.5. The SMILES string of the molecule is NCCCCNC(=O)CCC1CCNCC1. The molecule has 0 aromatic rings. The molecule has 4 heteroatoms. The maximum atomic E-state index is 11.5. The first-order chi connectivity index (χ1) is 7.83. The van der Waals surface area contributed by atoms with E-state index in [4.69, 9.17) is 5.73 Å². The van der Waals surface area contributed by atoms with Crippen LogP contribution in [0.5, 0.6) is 0 Å². The predicted octanol–water partition coefficient (Wildman–Crippen LogP) is 0.621. The highest BCUT2D eigenvalue weighted by atomic mass is 16.1. The predicted molar refractivity (Wildman–Crippen MR) is 66.1 cm³/mol. The van der Waals surface area contributed by atoms with Gasteiger partial charge in [0.15, 0.2) is 0 Å². The van der Waals surface area contributed by atoms with E-state index in [-0.39, 0.29) is 5.91 Å². The molecule has 1 aliphatic heterocycles. The normalized spacial score (nSPS) is 17.3. The Labute approximate surface area is 98.3 Å². The van der Waals surface area contributed by atoms with Crippen LogP contribution in [0, 0.1) is 5.92 Å². The lowest BCUT2D eigenvalue weighted by Gasteiger charge is -2.22. The number of piperidine rings is 1. The van der Waals surface area contributed by atoms with Crippen LogP contribution in [0.25, 0.3) is 0 Å². The molecular formula is C12H25N3O. The highest BCUT2D eigenvalue weighted by molar-refractivity contribution is 5.75. The Balaban J connectivity index is 1.96. The van der Waals surface area contributed by atoms with E-state index in [2.05, 4.69) is 10.6 Å². The maximum Gasteiger partial charge on any atom is 0.220 e. The number of unbranched alkanes of at least 4 members (excludes halogenated alkanes) is 1. The van der Waals surface area contributed by atoms with Gasteiger partial charge in [0.05, 0.1) is 0 Å². The summed E-state index contributed by atoms with van der Waals surface area (Å²) in [6.07, 6.45) is 6.17. The number of nitrogens with one attached hydrogen (secondary N) is 2. The molecule has 16 heavy (non-hydrogen) atoms. The minimum Gasteiger partial charge on any atom is -0.356 e. The lowest BCUT2D eigenvalue weighted by Crippen LogP contribution is -2.29. The average molecular weight is 227 g/mol. The topological polar surface area (TPSA) is 67.1 Å². The van der Waals surface area contributed by atoms with Gasteiger partial charge >= 0.3 is 0 Å². The summed E-state index contributed by atoms with van der Waals surface area (Å²) in [5.74, 6) is 0.951. The van der Waals surface area contributed by atoms with Crippen molar-refractivity contribution >= 4 is 5.91 Å². The summed E-state index contributed by atoms with van der Waals surface area (Å²) in [6, 6.07) is 0. The number of carbonyl (C=O) groups is 1. The zero-order chi connectivity index (χ0) is 11.6. The molecule has 1 aliphatic rings. The first kappa shape index (κ1) is 13.5. The highest BCUT2D eigenvalue weighted by Gasteiger charge is 2.13. The molecule has 1 fully saturated rings. The van der Waals surface area contributed by atoms with E-state index < -0.39 is 0 Å². The third-order valence-corrected chi connectivity index (χ3v) is 3.19. The molecule has 94 valence electrons. The number of carbonyl (C=O) groups excluding carboxylic acids is 1. The standard InChI is InChI=1S/C12H25N3O/c13-7-1-2-8-15-12(16)4-3-11-5-9-14-10-6-11/h11,14H,1-10,13H2,(H,15,16). The first-order valence-electron chi connectivity index (χ1n) is 6.50. The average Bonchev–Trinajstić information content (AvgIpc) is 2.33. The van der Waals surface area contributed by atoms with Crippen molar-refractivity contribution in [3.63, 3.8) is 0 Å². The van der Waals surface area contributed by atoms with Crippen molar-refractivity contribution < 1.29 is 4.79 Å². The van der Waals surface area contributed by atoms with Crippen molar-refractivity contribution in [1.29, 1.82) is 0 Å². The van der Waals surface area contributed by atoms with Crippen LogP contribution in [0.3, 0.4) is 0 Å². The van der Waals surface area contributed by atoms with E-state index in [1.165, 1.54) is 12.8 Å². The quantitative estimate of drug-likeness (QED) is 0.559. The fraction of sp³-hybridized carbons (Fsp3) is 0.917. The van der Waals surface area contributed by atoms with Crippen molar-refractivity contribution in [3.8, 4) is 0 Å².